The maximum absolute atomic E-state index is 3.73. The first-order valence-corrected chi connectivity index (χ1v) is 9.16. The highest BCUT2D eigenvalue weighted by molar-refractivity contribution is 9.11. The number of hydrogen-bond acceptors (Lipinski definition) is 1. The van der Waals surface area contributed by atoms with Crippen LogP contribution in [0.15, 0.2) is 27.1 Å². The molecule has 0 radical (unpaired) electrons. The zero-order valence-corrected chi connectivity index (χ0v) is 15.9. The summed E-state index contributed by atoms with van der Waals surface area (Å²) in [7, 11) is 0. The van der Waals surface area contributed by atoms with Gasteiger partial charge in [-0.1, -0.05) is 43.1 Å². The molecule has 0 spiro atoms. The summed E-state index contributed by atoms with van der Waals surface area (Å²) in [6, 6.07) is 6.93. The highest BCUT2D eigenvalue weighted by Gasteiger charge is 2.27. The molecule has 2 unspecified atom stereocenters. The molecule has 0 bridgehead atoms. The van der Waals surface area contributed by atoms with Crippen molar-refractivity contribution in [1.29, 1.82) is 0 Å². The Balaban J connectivity index is 1.99. The molecule has 2 atom stereocenters. The summed E-state index contributed by atoms with van der Waals surface area (Å²) < 4.78 is 2.28. The monoisotopic (exact) mass is 401 g/mol. The summed E-state index contributed by atoms with van der Waals surface area (Å²) in [5.41, 5.74) is 1.66. The van der Waals surface area contributed by atoms with Crippen molar-refractivity contribution >= 4 is 37.5 Å². The van der Waals surface area contributed by atoms with Crippen LogP contribution in [-0.2, 0) is 0 Å². The van der Waals surface area contributed by atoms with Crippen molar-refractivity contribution in [3.63, 3.8) is 0 Å². The fraction of sp³-hybridized carbons (Fsp3) is 0.647. The van der Waals surface area contributed by atoms with Gasteiger partial charge in [0.15, 0.2) is 0 Å². The molecule has 1 saturated carbocycles. The van der Waals surface area contributed by atoms with Crippen LogP contribution in [0.1, 0.15) is 52.9 Å². The molecule has 0 saturated heterocycles. The van der Waals surface area contributed by atoms with E-state index >= 15 is 0 Å². The summed E-state index contributed by atoms with van der Waals surface area (Å²) in [6.07, 6.45) is 6.62. The van der Waals surface area contributed by atoms with Crippen LogP contribution in [0, 0.1) is 11.3 Å². The minimum atomic E-state index is 0.450. The normalized spacial score (nSPS) is 24.2. The Hall–Kier alpha value is -0.0200. The van der Waals surface area contributed by atoms with E-state index in [9.17, 15) is 0 Å². The van der Waals surface area contributed by atoms with E-state index in [1.54, 1.807) is 0 Å². The average Bonchev–Trinajstić information content (AvgIpc) is 2.59. The van der Waals surface area contributed by atoms with Gasteiger partial charge < -0.3 is 5.32 Å². The molecule has 0 aromatic heterocycles. The Morgan fingerprint density at radius 3 is 2.50 bits per heavy atom. The number of rotatable bonds is 2. The van der Waals surface area contributed by atoms with Gasteiger partial charge in [-0.25, -0.2) is 0 Å². The lowest BCUT2D eigenvalue weighted by molar-refractivity contribution is 0.214. The van der Waals surface area contributed by atoms with Crippen molar-refractivity contribution in [3.8, 4) is 0 Å². The van der Waals surface area contributed by atoms with Gasteiger partial charge in [0, 0.05) is 20.7 Å². The molecule has 20 heavy (non-hydrogen) atoms. The first kappa shape index (κ1) is 16.4. The van der Waals surface area contributed by atoms with Crippen LogP contribution >= 0.6 is 31.9 Å². The third-order valence-electron chi connectivity index (χ3n) is 4.48. The predicted molar refractivity (Wildman–Crippen MR) is 95.3 cm³/mol. The summed E-state index contributed by atoms with van der Waals surface area (Å²) in [4.78, 5) is 0. The number of benzene rings is 1. The average molecular weight is 403 g/mol. The van der Waals surface area contributed by atoms with Gasteiger partial charge in [-0.2, -0.15) is 0 Å². The summed E-state index contributed by atoms with van der Waals surface area (Å²) in [5, 5.41) is 3.73. The highest BCUT2D eigenvalue weighted by Crippen LogP contribution is 2.38. The summed E-state index contributed by atoms with van der Waals surface area (Å²) in [5.74, 6) is 0.861. The second-order valence-electron chi connectivity index (χ2n) is 7.04. The smallest absolute Gasteiger partial charge is 0.0498 e. The maximum Gasteiger partial charge on any atom is 0.0498 e. The number of anilines is 1. The minimum Gasteiger partial charge on any atom is -0.381 e. The molecule has 0 amide bonds. The van der Waals surface area contributed by atoms with Crippen LogP contribution < -0.4 is 5.32 Å². The van der Waals surface area contributed by atoms with Crippen LogP contribution in [-0.4, -0.2) is 6.04 Å². The summed E-state index contributed by atoms with van der Waals surface area (Å²) >= 11 is 7.19. The second kappa shape index (κ2) is 6.83. The van der Waals surface area contributed by atoms with Crippen molar-refractivity contribution in [3.05, 3.63) is 27.1 Å². The van der Waals surface area contributed by atoms with Crippen molar-refractivity contribution in [1.82, 2.24) is 0 Å². The second-order valence-corrected chi connectivity index (χ2v) is 8.81. The maximum atomic E-state index is 3.73. The quantitative estimate of drug-likeness (QED) is 0.548. The van der Waals surface area contributed by atoms with Gasteiger partial charge in [-0.15, -0.1) is 0 Å². The van der Waals surface area contributed by atoms with Gasteiger partial charge >= 0.3 is 0 Å². The molecule has 1 aromatic carbocycles. The zero-order chi connectivity index (χ0) is 14.8. The van der Waals surface area contributed by atoms with E-state index in [1.807, 2.05) is 0 Å². The Bertz CT molecular complexity index is 451. The fourth-order valence-electron chi connectivity index (χ4n) is 3.14. The molecule has 1 aliphatic carbocycles. The lowest BCUT2D eigenvalue weighted by Gasteiger charge is -2.29. The van der Waals surface area contributed by atoms with E-state index in [-0.39, 0.29) is 0 Å². The molecular weight excluding hydrogens is 378 g/mol. The van der Waals surface area contributed by atoms with Crippen molar-refractivity contribution < 1.29 is 0 Å². The molecule has 1 N–H and O–H groups in total. The van der Waals surface area contributed by atoms with Gasteiger partial charge in [0.2, 0.25) is 0 Å². The van der Waals surface area contributed by atoms with E-state index in [1.165, 1.54) is 37.8 Å². The topological polar surface area (TPSA) is 12.0 Å². The van der Waals surface area contributed by atoms with Crippen LogP contribution in [0.2, 0.25) is 0 Å². The van der Waals surface area contributed by atoms with Gasteiger partial charge in [-0.05, 0) is 71.1 Å². The lowest BCUT2D eigenvalue weighted by Crippen LogP contribution is -2.21. The molecule has 0 aliphatic heterocycles. The van der Waals surface area contributed by atoms with E-state index < -0.39 is 0 Å². The van der Waals surface area contributed by atoms with Crippen molar-refractivity contribution in [2.45, 2.75) is 58.9 Å². The Labute approximate surface area is 140 Å². The molecule has 0 heterocycles. The van der Waals surface area contributed by atoms with Gasteiger partial charge in [0.1, 0.15) is 0 Å². The van der Waals surface area contributed by atoms with Crippen molar-refractivity contribution in [2.24, 2.45) is 11.3 Å². The SMILES string of the molecule is CC(C)(C)C1CCCC(Nc2cc(Br)ccc2Br)CC1. The standard InChI is InChI=1S/C17H25Br2N/c1-17(2,3)12-5-4-6-14(9-7-12)20-16-11-13(18)8-10-15(16)19/h8,10-12,14,20H,4-7,9H2,1-3H3. The third kappa shape index (κ3) is 4.49. The van der Waals surface area contributed by atoms with E-state index in [0.29, 0.717) is 11.5 Å². The molecule has 112 valence electrons. The predicted octanol–water partition coefficient (Wildman–Crippen LogP) is 6.62. The molecule has 2 rings (SSSR count). The number of hydrogen-bond donors (Lipinski definition) is 1. The first-order chi connectivity index (χ1) is 9.36. The van der Waals surface area contributed by atoms with Gasteiger partial charge in [-0.3, -0.25) is 0 Å². The Kier molecular flexibility index (Phi) is 5.58. The van der Waals surface area contributed by atoms with Crippen LogP contribution in [0.4, 0.5) is 5.69 Å². The van der Waals surface area contributed by atoms with Crippen LogP contribution in [0.3, 0.4) is 0 Å². The largest absolute Gasteiger partial charge is 0.381 e. The molecular formula is C17H25Br2N. The highest BCUT2D eigenvalue weighted by atomic mass is 79.9. The molecule has 1 nitrogen and oxygen atoms in total. The molecule has 3 heteroatoms. The van der Waals surface area contributed by atoms with Gasteiger partial charge in [0.25, 0.3) is 0 Å². The van der Waals surface area contributed by atoms with Crippen LogP contribution in [0.25, 0.3) is 0 Å². The lowest BCUT2D eigenvalue weighted by atomic mass is 9.76. The summed E-state index contributed by atoms with van der Waals surface area (Å²) in [6.45, 7) is 7.16. The van der Waals surface area contributed by atoms with E-state index in [4.69, 9.17) is 0 Å². The first-order valence-electron chi connectivity index (χ1n) is 7.58. The Morgan fingerprint density at radius 2 is 1.80 bits per heavy atom. The number of nitrogens with one attached hydrogen (secondary N) is 1. The fourth-order valence-corrected chi connectivity index (χ4v) is 3.86. The molecule has 1 fully saturated rings. The third-order valence-corrected chi connectivity index (χ3v) is 5.67. The van der Waals surface area contributed by atoms with Crippen LogP contribution in [0.5, 0.6) is 0 Å². The van der Waals surface area contributed by atoms with E-state index in [0.717, 1.165) is 14.9 Å². The van der Waals surface area contributed by atoms with E-state index in [2.05, 4.69) is 76.1 Å². The molecule has 1 aliphatic rings. The van der Waals surface area contributed by atoms with Gasteiger partial charge in [0.05, 0.1) is 0 Å². The molecule has 1 aromatic rings. The van der Waals surface area contributed by atoms with Crippen molar-refractivity contribution in [2.75, 3.05) is 5.32 Å². The zero-order valence-electron chi connectivity index (χ0n) is 12.7. The minimum absolute atomic E-state index is 0.450. The Morgan fingerprint density at radius 1 is 1.05 bits per heavy atom. The number of halogens is 2.